The lowest BCUT2D eigenvalue weighted by molar-refractivity contribution is 0.0693. The van der Waals surface area contributed by atoms with Crippen molar-refractivity contribution in [2.75, 3.05) is 25.6 Å². The molecule has 0 bridgehead atoms. The van der Waals surface area contributed by atoms with Crippen LogP contribution in [0.15, 0.2) is 42.5 Å². The first-order valence-electron chi connectivity index (χ1n) is 7.99. The average Bonchev–Trinajstić information content (AvgIpc) is 3.16. The van der Waals surface area contributed by atoms with Crippen LogP contribution in [0.4, 0.5) is 5.69 Å². The Morgan fingerprint density at radius 2 is 2.08 bits per heavy atom. The highest BCUT2D eigenvalue weighted by Crippen LogP contribution is 2.27. The number of amides is 1. The first-order chi connectivity index (χ1) is 12.1. The molecule has 6 nitrogen and oxygen atoms in total. The summed E-state index contributed by atoms with van der Waals surface area (Å²) in [5.41, 5.74) is 2.15. The van der Waals surface area contributed by atoms with Gasteiger partial charge in [0, 0.05) is 29.8 Å². The van der Waals surface area contributed by atoms with Crippen molar-refractivity contribution in [2.45, 2.75) is 12.3 Å². The van der Waals surface area contributed by atoms with Crippen molar-refractivity contribution in [3.05, 3.63) is 59.2 Å². The largest absolute Gasteiger partial charge is 0.496 e. The molecule has 3 rings (SSSR count). The maximum absolute atomic E-state index is 12.5. The molecule has 1 saturated heterocycles. The van der Waals surface area contributed by atoms with Crippen LogP contribution in [-0.2, 0) is 4.74 Å². The van der Waals surface area contributed by atoms with E-state index in [9.17, 15) is 9.59 Å². The highest BCUT2D eigenvalue weighted by molar-refractivity contribution is 6.04. The molecule has 1 unspecified atom stereocenters. The van der Waals surface area contributed by atoms with Crippen molar-refractivity contribution >= 4 is 17.6 Å². The molecule has 1 heterocycles. The fraction of sp³-hybridized carbons (Fsp3) is 0.263. The summed E-state index contributed by atoms with van der Waals surface area (Å²) in [6.45, 7) is 1.43. The molecule has 0 spiro atoms. The Bertz CT molecular complexity index is 796. The third kappa shape index (κ3) is 3.80. The number of nitrogens with one attached hydrogen (secondary N) is 1. The Balaban J connectivity index is 1.78. The first kappa shape index (κ1) is 17.0. The van der Waals surface area contributed by atoms with Crippen LogP contribution in [0.5, 0.6) is 5.75 Å². The predicted octanol–water partition coefficient (Wildman–Crippen LogP) is 3.15. The zero-order valence-electron chi connectivity index (χ0n) is 13.8. The fourth-order valence-electron chi connectivity index (χ4n) is 2.88. The van der Waals surface area contributed by atoms with Crippen molar-refractivity contribution in [2.24, 2.45) is 0 Å². The van der Waals surface area contributed by atoms with Crippen LogP contribution < -0.4 is 10.1 Å². The van der Waals surface area contributed by atoms with Crippen molar-refractivity contribution in [3.63, 3.8) is 0 Å². The number of ether oxygens (including phenoxy) is 2. The third-order valence-corrected chi connectivity index (χ3v) is 4.24. The van der Waals surface area contributed by atoms with E-state index in [4.69, 9.17) is 14.6 Å². The molecule has 0 aromatic heterocycles. The van der Waals surface area contributed by atoms with Gasteiger partial charge in [0.1, 0.15) is 11.3 Å². The smallest absolute Gasteiger partial charge is 0.339 e. The molecular weight excluding hydrogens is 322 g/mol. The van der Waals surface area contributed by atoms with E-state index in [2.05, 4.69) is 5.32 Å². The normalized spacial score (nSPS) is 16.4. The Hall–Kier alpha value is -2.86. The number of hydrogen-bond donors (Lipinski definition) is 2. The highest BCUT2D eigenvalue weighted by atomic mass is 16.5. The number of carbonyl (C=O) groups is 2. The van der Waals surface area contributed by atoms with Gasteiger partial charge in [-0.05, 0) is 36.2 Å². The molecule has 1 fully saturated rings. The maximum Gasteiger partial charge on any atom is 0.339 e. The maximum atomic E-state index is 12.5. The number of carbonyl (C=O) groups excluding carboxylic acids is 1. The molecule has 2 aromatic rings. The van der Waals surface area contributed by atoms with Crippen LogP contribution in [0.3, 0.4) is 0 Å². The lowest BCUT2D eigenvalue weighted by atomic mass is 9.96. The standard InChI is InChI=1S/C19H19NO5/c1-24-17-10-15(5-6-16(17)19(22)23)20-18(21)13-4-2-3-12(9-13)14-7-8-25-11-14/h2-6,9-10,14H,7-8,11H2,1H3,(H,20,21)(H,22,23). The van der Waals surface area contributed by atoms with Crippen molar-refractivity contribution in [1.82, 2.24) is 0 Å². The molecule has 2 aromatic carbocycles. The van der Waals surface area contributed by atoms with Gasteiger partial charge in [0.05, 0.1) is 13.7 Å². The van der Waals surface area contributed by atoms with E-state index in [-0.39, 0.29) is 17.2 Å². The molecule has 0 saturated carbocycles. The highest BCUT2D eigenvalue weighted by Gasteiger charge is 2.19. The van der Waals surface area contributed by atoms with Crippen LogP contribution in [0.2, 0.25) is 0 Å². The van der Waals surface area contributed by atoms with Crippen LogP contribution in [-0.4, -0.2) is 37.3 Å². The van der Waals surface area contributed by atoms with Crippen molar-refractivity contribution < 1.29 is 24.2 Å². The summed E-state index contributed by atoms with van der Waals surface area (Å²) in [6, 6.07) is 11.9. The number of carboxylic acids is 1. The van der Waals surface area contributed by atoms with Gasteiger partial charge in [-0.3, -0.25) is 4.79 Å². The van der Waals surface area contributed by atoms with E-state index in [0.717, 1.165) is 18.6 Å². The molecule has 1 aliphatic rings. The molecule has 25 heavy (non-hydrogen) atoms. The van der Waals surface area contributed by atoms with E-state index >= 15 is 0 Å². The number of carboxylic acid groups (broad SMARTS) is 1. The zero-order valence-corrected chi connectivity index (χ0v) is 13.8. The molecule has 1 atom stereocenters. The van der Waals surface area contributed by atoms with Gasteiger partial charge in [-0.15, -0.1) is 0 Å². The van der Waals surface area contributed by atoms with E-state index in [1.807, 2.05) is 18.2 Å². The lowest BCUT2D eigenvalue weighted by Crippen LogP contribution is -2.13. The van der Waals surface area contributed by atoms with E-state index < -0.39 is 5.97 Å². The molecule has 0 radical (unpaired) electrons. The molecule has 1 amide bonds. The Labute approximate surface area is 145 Å². The topological polar surface area (TPSA) is 84.9 Å². The summed E-state index contributed by atoms with van der Waals surface area (Å²) in [6.07, 6.45) is 0.957. The molecule has 1 aliphatic heterocycles. The number of methoxy groups -OCH3 is 1. The van der Waals surface area contributed by atoms with Crippen molar-refractivity contribution in [3.8, 4) is 5.75 Å². The number of aromatic carboxylic acids is 1. The van der Waals surface area contributed by atoms with E-state index in [1.165, 1.54) is 19.2 Å². The molecule has 6 heteroatoms. The summed E-state index contributed by atoms with van der Waals surface area (Å²) < 4.78 is 10.5. The molecular formula is C19H19NO5. The van der Waals surface area contributed by atoms with Crippen LogP contribution >= 0.6 is 0 Å². The van der Waals surface area contributed by atoms with Gasteiger partial charge in [-0.2, -0.15) is 0 Å². The summed E-state index contributed by atoms with van der Waals surface area (Å²) in [4.78, 5) is 23.6. The summed E-state index contributed by atoms with van der Waals surface area (Å²) in [5.74, 6) is -0.822. The summed E-state index contributed by atoms with van der Waals surface area (Å²) in [7, 11) is 1.39. The monoisotopic (exact) mass is 341 g/mol. The second kappa shape index (κ2) is 7.36. The summed E-state index contributed by atoms with van der Waals surface area (Å²) in [5, 5.41) is 11.9. The van der Waals surface area contributed by atoms with Crippen LogP contribution in [0.25, 0.3) is 0 Å². The van der Waals surface area contributed by atoms with E-state index in [1.54, 1.807) is 12.1 Å². The number of rotatable bonds is 5. The SMILES string of the molecule is COc1cc(NC(=O)c2cccc(C3CCOC3)c2)ccc1C(=O)O. The molecule has 130 valence electrons. The Morgan fingerprint density at radius 3 is 2.76 bits per heavy atom. The van der Waals surface area contributed by atoms with Gasteiger partial charge in [0.15, 0.2) is 0 Å². The number of hydrogen-bond acceptors (Lipinski definition) is 4. The Kier molecular flexibility index (Phi) is 5.00. The van der Waals surface area contributed by atoms with Crippen molar-refractivity contribution in [1.29, 1.82) is 0 Å². The minimum absolute atomic E-state index is 0.0451. The van der Waals surface area contributed by atoms with Gasteiger partial charge in [-0.1, -0.05) is 12.1 Å². The molecule has 0 aliphatic carbocycles. The quantitative estimate of drug-likeness (QED) is 0.873. The lowest BCUT2D eigenvalue weighted by Gasteiger charge is -2.12. The van der Waals surface area contributed by atoms with Crippen LogP contribution in [0.1, 0.15) is 38.6 Å². The van der Waals surface area contributed by atoms with Crippen LogP contribution in [0, 0.1) is 0 Å². The van der Waals surface area contributed by atoms with E-state index in [0.29, 0.717) is 23.8 Å². The van der Waals surface area contributed by atoms with Gasteiger partial charge >= 0.3 is 5.97 Å². The molecule has 2 N–H and O–H groups in total. The third-order valence-electron chi connectivity index (χ3n) is 4.24. The fourth-order valence-corrected chi connectivity index (χ4v) is 2.88. The van der Waals surface area contributed by atoms with Gasteiger partial charge in [0.2, 0.25) is 0 Å². The minimum Gasteiger partial charge on any atom is -0.496 e. The summed E-state index contributed by atoms with van der Waals surface area (Å²) >= 11 is 0. The Morgan fingerprint density at radius 1 is 1.24 bits per heavy atom. The van der Waals surface area contributed by atoms with Gasteiger partial charge < -0.3 is 19.9 Å². The predicted molar refractivity (Wildman–Crippen MR) is 92.5 cm³/mol. The zero-order chi connectivity index (χ0) is 17.8. The van der Waals surface area contributed by atoms with Gasteiger partial charge in [-0.25, -0.2) is 4.79 Å². The minimum atomic E-state index is -1.08. The first-order valence-corrected chi connectivity index (χ1v) is 7.99. The second-order valence-electron chi connectivity index (χ2n) is 5.86. The number of anilines is 1. The average molecular weight is 341 g/mol. The number of benzene rings is 2. The second-order valence-corrected chi connectivity index (χ2v) is 5.86. The van der Waals surface area contributed by atoms with Gasteiger partial charge in [0.25, 0.3) is 5.91 Å².